The number of nitrogens with zero attached hydrogens (tertiary/aromatic N) is 1. The molecule has 25 heavy (non-hydrogen) atoms. The van der Waals surface area contributed by atoms with Gasteiger partial charge in [-0.05, 0) is 30.2 Å². The summed E-state index contributed by atoms with van der Waals surface area (Å²) in [5, 5.41) is 24.4. The number of rotatable bonds is 3. The number of nitro benzene ring substituents is 1. The molecule has 0 bridgehead atoms. The van der Waals surface area contributed by atoms with Gasteiger partial charge in [0.25, 0.3) is 11.6 Å². The highest BCUT2D eigenvalue weighted by molar-refractivity contribution is 6.42. The Morgan fingerprint density at radius 1 is 1.12 bits per heavy atom. The van der Waals surface area contributed by atoms with Crippen molar-refractivity contribution in [1.29, 1.82) is 0 Å². The molecule has 2 aromatic rings. The van der Waals surface area contributed by atoms with Crippen LogP contribution < -0.4 is 5.32 Å². The van der Waals surface area contributed by atoms with Crippen molar-refractivity contribution in [3.8, 4) is 0 Å². The molecule has 0 fully saturated rings. The molecule has 8 heteroatoms. The average molecular weight is 379 g/mol. The number of halogens is 2. The molecule has 1 aliphatic rings. The van der Waals surface area contributed by atoms with E-state index in [1.165, 1.54) is 30.3 Å². The number of carbonyl (C=O) groups is 1. The Morgan fingerprint density at radius 3 is 2.56 bits per heavy atom. The summed E-state index contributed by atoms with van der Waals surface area (Å²) in [5.41, 5.74) is 1.56. The van der Waals surface area contributed by atoms with Gasteiger partial charge in [-0.15, -0.1) is 0 Å². The molecule has 6 nitrogen and oxygen atoms in total. The fourth-order valence-corrected chi connectivity index (χ4v) is 2.92. The summed E-state index contributed by atoms with van der Waals surface area (Å²) in [5.74, 6) is -0.527. The van der Waals surface area contributed by atoms with E-state index >= 15 is 0 Å². The van der Waals surface area contributed by atoms with Crippen molar-refractivity contribution in [2.45, 2.75) is 12.8 Å². The van der Waals surface area contributed by atoms with Gasteiger partial charge in [0.05, 0.1) is 20.7 Å². The summed E-state index contributed by atoms with van der Waals surface area (Å²) in [6, 6.07) is 8.78. The zero-order valence-electron chi connectivity index (χ0n) is 12.8. The number of fused-ring (bicyclic) bond motifs is 1. The van der Waals surface area contributed by atoms with Crippen LogP contribution >= 0.6 is 23.2 Å². The molecule has 0 saturated heterocycles. The third-order valence-corrected chi connectivity index (χ3v) is 4.65. The van der Waals surface area contributed by atoms with Crippen LogP contribution in [0.1, 0.15) is 27.9 Å². The fraction of sp³-hybridized carbons (Fsp3) is 0.118. The van der Waals surface area contributed by atoms with E-state index in [1.54, 1.807) is 6.07 Å². The molecule has 2 N–H and O–H groups in total. The zero-order chi connectivity index (χ0) is 18.1. The minimum Gasteiger partial charge on any atom is -0.510 e. The minimum atomic E-state index is -0.523. The van der Waals surface area contributed by atoms with Crippen molar-refractivity contribution in [3.05, 3.63) is 79.0 Å². The Hall–Kier alpha value is -2.57. The van der Waals surface area contributed by atoms with Gasteiger partial charge in [0.1, 0.15) is 5.76 Å². The van der Waals surface area contributed by atoms with Crippen LogP contribution in [0.15, 0.2) is 42.2 Å². The van der Waals surface area contributed by atoms with Crippen LogP contribution in [0.4, 0.5) is 5.69 Å². The van der Waals surface area contributed by atoms with E-state index < -0.39 is 10.8 Å². The van der Waals surface area contributed by atoms with Crippen LogP contribution in [0.3, 0.4) is 0 Å². The number of non-ortho nitro benzene ring substituents is 1. The van der Waals surface area contributed by atoms with E-state index in [9.17, 15) is 20.0 Å². The average Bonchev–Trinajstić information content (AvgIpc) is 2.59. The van der Waals surface area contributed by atoms with E-state index in [0.717, 1.165) is 5.56 Å². The lowest BCUT2D eigenvalue weighted by Crippen LogP contribution is -2.25. The Morgan fingerprint density at radius 2 is 1.88 bits per heavy atom. The number of aliphatic hydroxyl groups is 1. The molecule has 1 aliphatic carbocycles. The maximum Gasteiger partial charge on any atom is 0.270 e. The molecule has 0 aromatic heterocycles. The van der Waals surface area contributed by atoms with Gasteiger partial charge >= 0.3 is 0 Å². The van der Waals surface area contributed by atoms with Crippen molar-refractivity contribution in [2.24, 2.45) is 0 Å². The van der Waals surface area contributed by atoms with Crippen LogP contribution in [-0.4, -0.2) is 15.9 Å². The van der Waals surface area contributed by atoms with Crippen LogP contribution in [-0.2, 0) is 6.42 Å². The first-order valence-corrected chi connectivity index (χ1v) is 8.08. The van der Waals surface area contributed by atoms with Crippen LogP contribution in [0.5, 0.6) is 0 Å². The zero-order valence-corrected chi connectivity index (χ0v) is 14.3. The third-order valence-electron chi connectivity index (χ3n) is 3.91. The third kappa shape index (κ3) is 3.45. The lowest BCUT2D eigenvalue weighted by atomic mass is 9.92. The maximum absolute atomic E-state index is 12.5. The summed E-state index contributed by atoms with van der Waals surface area (Å²) in [7, 11) is 0. The number of nitro groups is 1. The van der Waals surface area contributed by atoms with E-state index in [0.29, 0.717) is 23.4 Å². The van der Waals surface area contributed by atoms with Gasteiger partial charge in [-0.3, -0.25) is 14.9 Å². The number of benzene rings is 2. The Kier molecular flexibility index (Phi) is 4.65. The van der Waals surface area contributed by atoms with Crippen molar-refractivity contribution in [3.63, 3.8) is 0 Å². The molecule has 0 atom stereocenters. The van der Waals surface area contributed by atoms with Crippen molar-refractivity contribution >= 4 is 40.5 Å². The number of hydrogen-bond donors (Lipinski definition) is 2. The Balaban J connectivity index is 1.96. The largest absolute Gasteiger partial charge is 0.510 e. The second kappa shape index (κ2) is 6.74. The van der Waals surface area contributed by atoms with E-state index in [4.69, 9.17) is 23.2 Å². The summed E-state index contributed by atoms with van der Waals surface area (Å²) in [4.78, 5) is 22.9. The Bertz CT molecular complexity index is 925. The number of amides is 1. The number of allylic oxidation sites excluding steroid dienone is 1. The summed E-state index contributed by atoms with van der Waals surface area (Å²) in [6.45, 7) is 0. The van der Waals surface area contributed by atoms with Crippen LogP contribution in [0, 0.1) is 10.1 Å². The van der Waals surface area contributed by atoms with Gasteiger partial charge in [0.2, 0.25) is 0 Å². The van der Waals surface area contributed by atoms with Gasteiger partial charge < -0.3 is 10.4 Å². The predicted molar refractivity (Wildman–Crippen MR) is 94.9 cm³/mol. The van der Waals surface area contributed by atoms with Crippen molar-refractivity contribution in [2.75, 3.05) is 0 Å². The monoisotopic (exact) mass is 378 g/mol. The first kappa shape index (κ1) is 17.3. The Labute approximate surface area is 152 Å². The predicted octanol–water partition coefficient (Wildman–Crippen LogP) is 4.50. The molecule has 128 valence electrons. The molecular weight excluding hydrogens is 367 g/mol. The molecule has 0 aliphatic heterocycles. The van der Waals surface area contributed by atoms with Crippen LogP contribution in [0.25, 0.3) is 5.70 Å². The summed E-state index contributed by atoms with van der Waals surface area (Å²) < 4.78 is 0. The molecule has 0 radical (unpaired) electrons. The highest BCUT2D eigenvalue weighted by Crippen LogP contribution is 2.32. The van der Waals surface area contributed by atoms with E-state index in [-0.39, 0.29) is 27.7 Å². The molecule has 0 spiro atoms. The second-order valence-corrected chi connectivity index (χ2v) is 6.32. The quantitative estimate of drug-likeness (QED) is 0.607. The lowest BCUT2D eigenvalue weighted by molar-refractivity contribution is -0.384. The van der Waals surface area contributed by atoms with Gasteiger partial charge in [0, 0.05) is 29.7 Å². The molecule has 3 rings (SSSR count). The number of aryl methyl sites for hydroxylation is 1. The summed E-state index contributed by atoms with van der Waals surface area (Å²) in [6.07, 6.45) is 0.868. The van der Waals surface area contributed by atoms with Crippen molar-refractivity contribution in [1.82, 2.24) is 5.32 Å². The first-order valence-electron chi connectivity index (χ1n) is 7.33. The van der Waals surface area contributed by atoms with E-state index in [1.807, 2.05) is 0 Å². The molecule has 0 saturated carbocycles. The SMILES string of the molecule is O=C(NC1=C(O)CCc2ccc([N+](=O)[O-])cc21)c1ccc(Cl)c(Cl)c1. The normalized spacial score (nSPS) is 13.4. The number of nitrogens with one attached hydrogen (secondary N) is 1. The lowest BCUT2D eigenvalue weighted by Gasteiger charge is -2.20. The summed E-state index contributed by atoms with van der Waals surface area (Å²) >= 11 is 11.8. The maximum atomic E-state index is 12.5. The molecule has 0 unspecified atom stereocenters. The fourth-order valence-electron chi connectivity index (χ4n) is 2.62. The first-order chi connectivity index (χ1) is 11.9. The standard InChI is InChI=1S/C17H12Cl2N2O4/c18-13-5-2-10(7-14(13)19)17(23)20-16-12-8-11(21(24)25)4-1-9(12)3-6-15(16)22/h1-2,4-5,7-8,22H,3,6H2,(H,20,23). The van der Waals surface area contributed by atoms with Gasteiger partial charge in [0.15, 0.2) is 0 Å². The van der Waals surface area contributed by atoms with Crippen molar-refractivity contribution < 1.29 is 14.8 Å². The van der Waals surface area contributed by atoms with E-state index in [2.05, 4.69) is 5.32 Å². The smallest absolute Gasteiger partial charge is 0.270 e. The highest BCUT2D eigenvalue weighted by atomic mass is 35.5. The number of carbonyl (C=O) groups excluding carboxylic acids is 1. The minimum absolute atomic E-state index is 0.0265. The topological polar surface area (TPSA) is 92.5 Å². The highest BCUT2D eigenvalue weighted by Gasteiger charge is 2.23. The molecule has 0 heterocycles. The van der Waals surface area contributed by atoms with Crippen LogP contribution in [0.2, 0.25) is 10.0 Å². The number of aliphatic hydroxyl groups excluding tert-OH is 1. The molecule has 1 amide bonds. The van der Waals surface area contributed by atoms with Gasteiger partial charge in [-0.1, -0.05) is 29.3 Å². The molecular formula is C17H12Cl2N2O4. The second-order valence-electron chi connectivity index (χ2n) is 5.50. The number of hydrogen-bond acceptors (Lipinski definition) is 4. The van der Waals surface area contributed by atoms with Gasteiger partial charge in [-0.2, -0.15) is 0 Å². The molecule has 2 aromatic carbocycles. The van der Waals surface area contributed by atoms with Gasteiger partial charge in [-0.25, -0.2) is 0 Å².